The summed E-state index contributed by atoms with van der Waals surface area (Å²) in [6, 6.07) is 3.37. The highest BCUT2D eigenvalue weighted by molar-refractivity contribution is 5.76. The van der Waals surface area contributed by atoms with Crippen molar-refractivity contribution < 1.29 is 13.6 Å². The minimum Gasteiger partial charge on any atom is -0.366 e. The first kappa shape index (κ1) is 21.7. The summed E-state index contributed by atoms with van der Waals surface area (Å²) >= 11 is 0. The lowest BCUT2D eigenvalue weighted by Crippen LogP contribution is -2.37. The average molecular weight is 441 g/mol. The number of nitrogens with zero attached hydrogens (tertiary/aromatic N) is 5. The van der Waals surface area contributed by atoms with E-state index < -0.39 is 11.6 Å². The van der Waals surface area contributed by atoms with Crippen LogP contribution < -0.4 is 10.6 Å². The minimum absolute atomic E-state index is 0.0613. The van der Waals surface area contributed by atoms with Crippen molar-refractivity contribution in [3.63, 3.8) is 0 Å². The molecular weight excluding hydrogens is 416 g/mol. The molecule has 1 fully saturated rings. The highest BCUT2D eigenvalue weighted by Crippen LogP contribution is 2.18. The number of carbonyl (C=O) groups is 1. The maximum atomic E-state index is 13.4. The molecule has 0 bridgehead atoms. The number of aryl methyl sites for hydroxylation is 1. The van der Waals surface area contributed by atoms with Crippen molar-refractivity contribution in [2.75, 3.05) is 23.7 Å². The number of hydrogen-bond acceptors (Lipinski definition) is 6. The van der Waals surface area contributed by atoms with Crippen molar-refractivity contribution in [2.24, 2.45) is 0 Å². The summed E-state index contributed by atoms with van der Waals surface area (Å²) in [5.74, 6) is -0.310. The molecule has 0 unspecified atom stereocenters. The van der Waals surface area contributed by atoms with E-state index in [1.165, 1.54) is 18.6 Å². The molecule has 10 heteroatoms. The molecule has 1 saturated heterocycles. The molecule has 32 heavy (non-hydrogen) atoms. The number of anilines is 3. The number of aromatic nitrogens is 4. The molecule has 1 amide bonds. The molecule has 4 rings (SSSR count). The molecule has 0 radical (unpaired) electrons. The van der Waals surface area contributed by atoms with Gasteiger partial charge in [-0.2, -0.15) is 10.1 Å². The number of nitrogens with one attached hydrogen (secondary N) is 2. The Kier molecular flexibility index (Phi) is 6.58. The molecule has 1 aliphatic rings. The van der Waals surface area contributed by atoms with Crippen molar-refractivity contribution in [1.29, 1.82) is 0 Å². The summed E-state index contributed by atoms with van der Waals surface area (Å²) in [5, 5.41) is 10.4. The number of amides is 1. The Morgan fingerprint density at radius 2 is 1.84 bits per heavy atom. The first-order chi connectivity index (χ1) is 15.5. The van der Waals surface area contributed by atoms with E-state index in [4.69, 9.17) is 0 Å². The summed E-state index contributed by atoms with van der Waals surface area (Å²) in [7, 11) is 0. The highest BCUT2D eigenvalue weighted by atomic mass is 19.1. The zero-order valence-electron chi connectivity index (χ0n) is 17.8. The quantitative estimate of drug-likeness (QED) is 0.582. The predicted octanol–water partition coefficient (Wildman–Crippen LogP) is 3.63. The number of carbonyl (C=O) groups excluding carboxylic acids is 1. The third kappa shape index (κ3) is 5.57. The van der Waals surface area contributed by atoms with Crippen LogP contribution in [-0.2, 0) is 17.9 Å². The van der Waals surface area contributed by atoms with Crippen LogP contribution in [-0.4, -0.2) is 43.6 Å². The van der Waals surface area contributed by atoms with Crippen molar-refractivity contribution in [3.05, 3.63) is 59.6 Å². The molecule has 8 nitrogen and oxygen atoms in total. The lowest BCUT2D eigenvalue weighted by Gasteiger charge is -2.26. The van der Waals surface area contributed by atoms with Gasteiger partial charge >= 0.3 is 0 Å². The SMILES string of the molecule is Cc1cnc(Nc2cnn(CC(=O)N3CCCCC3)c2)nc1NCc1cc(F)cc(F)c1. The Balaban J connectivity index is 1.38. The average Bonchev–Trinajstić information content (AvgIpc) is 3.20. The van der Waals surface area contributed by atoms with Gasteiger partial charge in [-0.3, -0.25) is 9.48 Å². The van der Waals surface area contributed by atoms with Crippen LogP contribution in [0, 0.1) is 18.6 Å². The lowest BCUT2D eigenvalue weighted by atomic mass is 10.1. The van der Waals surface area contributed by atoms with E-state index >= 15 is 0 Å². The van der Waals surface area contributed by atoms with Gasteiger partial charge in [0.2, 0.25) is 11.9 Å². The van der Waals surface area contributed by atoms with Crippen molar-refractivity contribution in [1.82, 2.24) is 24.6 Å². The largest absolute Gasteiger partial charge is 0.366 e. The molecule has 168 valence electrons. The Hall–Kier alpha value is -3.56. The predicted molar refractivity (Wildman–Crippen MR) is 116 cm³/mol. The molecule has 0 aliphatic carbocycles. The van der Waals surface area contributed by atoms with Crippen molar-refractivity contribution in [3.8, 4) is 0 Å². The fraction of sp³-hybridized carbons (Fsp3) is 0.364. The van der Waals surface area contributed by atoms with Gasteiger partial charge in [-0.1, -0.05) is 0 Å². The summed E-state index contributed by atoms with van der Waals surface area (Å²) < 4.78 is 28.4. The molecule has 2 aromatic heterocycles. The molecule has 1 aliphatic heterocycles. The Morgan fingerprint density at radius 1 is 1.09 bits per heavy atom. The van der Waals surface area contributed by atoms with E-state index in [1.807, 2.05) is 11.8 Å². The van der Waals surface area contributed by atoms with E-state index in [-0.39, 0.29) is 19.0 Å². The molecule has 0 spiro atoms. The maximum Gasteiger partial charge on any atom is 0.244 e. The second kappa shape index (κ2) is 9.71. The van der Waals surface area contributed by atoms with E-state index in [0.717, 1.165) is 37.6 Å². The molecule has 0 saturated carbocycles. The van der Waals surface area contributed by atoms with Gasteiger partial charge in [-0.15, -0.1) is 0 Å². The highest BCUT2D eigenvalue weighted by Gasteiger charge is 2.17. The van der Waals surface area contributed by atoms with Crippen LogP contribution in [0.25, 0.3) is 0 Å². The lowest BCUT2D eigenvalue weighted by molar-refractivity contribution is -0.132. The van der Waals surface area contributed by atoms with E-state index in [0.29, 0.717) is 23.0 Å². The van der Waals surface area contributed by atoms with Crippen LogP contribution in [0.5, 0.6) is 0 Å². The standard InChI is InChI=1S/C22H25F2N7O/c1-15-10-26-22(29-21(15)25-11-16-7-17(23)9-18(24)8-16)28-19-12-27-31(13-19)14-20(32)30-5-3-2-4-6-30/h7-10,12-13H,2-6,11,14H2,1H3,(H2,25,26,28,29). The second-order valence-electron chi connectivity index (χ2n) is 7.85. The molecule has 2 N–H and O–H groups in total. The Bertz CT molecular complexity index is 1080. The summed E-state index contributed by atoms with van der Waals surface area (Å²) in [6.07, 6.45) is 8.25. The van der Waals surface area contributed by atoms with Crippen LogP contribution in [0.15, 0.2) is 36.8 Å². The summed E-state index contributed by atoms with van der Waals surface area (Å²) in [5.41, 5.74) is 1.91. The topological polar surface area (TPSA) is 88.0 Å². The van der Waals surface area contributed by atoms with Gasteiger partial charge in [0.05, 0.1) is 11.9 Å². The minimum atomic E-state index is -0.626. The van der Waals surface area contributed by atoms with Gasteiger partial charge in [-0.05, 0) is 43.9 Å². The van der Waals surface area contributed by atoms with E-state index in [1.54, 1.807) is 23.3 Å². The van der Waals surface area contributed by atoms with Gasteiger partial charge in [-0.25, -0.2) is 13.8 Å². The summed E-state index contributed by atoms with van der Waals surface area (Å²) in [6.45, 7) is 3.85. The van der Waals surface area contributed by atoms with E-state index in [9.17, 15) is 13.6 Å². The molecule has 1 aromatic carbocycles. The third-order valence-corrected chi connectivity index (χ3v) is 5.25. The molecule has 0 atom stereocenters. The summed E-state index contributed by atoms with van der Waals surface area (Å²) in [4.78, 5) is 23.0. The Morgan fingerprint density at radius 3 is 2.59 bits per heavy atom. The first-order valence-electron chi connectivity index (χ1n) is 10.6. The van der Waals surface area contributed by atoms with Crippen molar-refractivity contribution >= 4 is 23.4 Å². The van der Waals surface area contributed by atoms with Crippen LogP contribution in [0.2, 0.25) is 0 Å². The fourth-order valence-corrected chi connectivity index (χ4v) is 3.61. The Labute approximate surface area is 184 Å². The maximum absolute atomic E-state index is 13.4. The van der Waals surface area contributed by atoms with Gasteiger partial charge < -0.3 is 15.5 Å². The molecular formula is C22H25F2N7O. The number of hydrogen-bond donors (Lipinski definition) is 2. The van der Waals surface area contributed by atoms with E-state index in [2.05, 4.69) is 25.7 Å². The number of piperidine rings is 1. The monoisotopic (exact) mass is 441 g/mol. The molecule has 3 aromatic rings. The van der Waals surface area contributed by atoms with Crippen LogP contribution in [0.1, 0.15) is 30.4 Å². The second-order valence-corrected chi connectivity index (χ2v) is 7.85. The van der Waals surface area contributed by atoms with Gasteiger partial charge in [0.1, 0.15) is 24.0 Å². The zero-order valence-corrected chi connectivity index (χ0v) is 17.8. The van der Waals surface area contributed by atoms with Gasteiger partial charge in [0, 0.05) is 43.7 Å². The van der Waals surface area contributed by atoms with Crippen LogP contribution in [0.4, 0.5) is 26.2 Å². The van der Waals surface area contributed by atoms with Gasteiger partial charge in [0.25, 0.3) is 0 Å². The number of halogens is 2. The first-order valence-corrected chi connectivity index (χ1v) is 10.6. The van der Waals surface area contributed by atoms with Crippen LogP contribution in [0.3, 0.4) is 0 Å². The number of likely N-dealkylation sites (tertiary alicyclic amines) is 1. The zero-order chi connectivity index (χ0) is 22.5. The fourth-order valence-electron chi connectivity index (χ4n) is 3.61. The molecule has 3 heterocycles. The number of benzene rings is 1. The smallest absolute Gasteiger partial charge is 0.244 e. The van der Waals surface area contributed by atoms with Gasteiger partial charge in [0.15, 0.2) is 0 Å². The van der Waals surface area contributed by atoms with Crippen molar-refractivity contribution in [2.45, 2.75) is 39.3 Å². The normalized spacial score (nSPS) is 13.8. The third-order valence-electron chi connectivity index (χ3n) is 5.25. The van der Waals surface area contributed by atoms with Crippen LogP contribution >= 0.6 is 0 Å². The number of rotatable bonds is 7.